The Morgan fingerprint density at radius 2 is 2.11 bits per heavy atom. The van der Waals surface area contributed by atoms with Crippen molar-refractivity contribution in [2.75, 3.05) is 18.8 Å². The molecule has 1 unspecified atom stereocenters. The van der Waals surface area contributed by atoms with Crippen LogP contribution < -0.4 is 5.73 Å². The van der Waals surface area contributed by atoms with E-state index >= 15 is 0 Å². The second-order valence-corrected chi connectivity index (χ2v) is 4.73. The minimum atomic E-state index is -0.929. The molecular formula is C13H17ClN2O3. The molecular weight excluding hydrogens is 268 g/mol. The number of nitrogens with zero attached hydrogens (tertiary/aromatic N) is 1. The highest BCUT2D eigenvalue weighted by Crippen LogP contribution is 2.20. The molecule has 1 aromatic rings. The third-order valence-electron chi connectivity index (χ3n) is 2.83. The van der Waals surface area contributed by atoms with Gasteiger partial charge in [0.05, 0.1) is 16.6 Å². The Morgan fingerprint density at radius 3 is 2.58 bits per heavy atom. The summed E-state index contributed by atoms with van der Waals surface area (Å²) in [6.07, 6.45) is 0. The van der Waals surface area contributed by atoms with E-state index in [-0.39, 0.29) is 12.5 Å². The molecule has 0 radical (unpaired) electrons. The number of hydrogen-bond acceptors (Lipinski definition) is 3. The van der Waals surface area contributed by atoms with Crippen LogP contribution in [-0.4, -0.2) is 35.0 Å². The molecule has 1 atom stereocenters. The number of nitrogen functional groups attached to an aromatic ring is 1. The molecule has 0 aliphatic carbocycles. The van der Waals surface area contributed by atoms with E-state index in [2.05, 4.69) is 0 Å². The van der Waals surface area contributed by atoms with Crippen molar-refractivity contribution in [3.8, 4) is 0 Å². The zero-order valence-electron chi connectivity index (χ0n) is 10.9. The second-order valence-electron chi connectivity index (χ2n) is 4.32. The van der Waals surface area contributed by atoms with Gasteiger partial charge < -0.3 is 15.7 Å². The minimum absolute atomic E-state index is 0.160. The molecule has 104 valence electrons. The van der Waals surface area contributed by atoms with Crippen LogP contribution in [0.4, 0.5) is 5.69 Å². The molecule has 1 aromatic carbocycles. The van der Waals surface area contributed by atoms with Crippen LogP contribution in [0.1, 0.15) is 24.2 Å². The summed E-state index contributed by atoms with van der Waals surface area (Å²) in [5, 5.41) is 9.27. The quantitative estimate of drug-likeness (QED) is 0.811. The number of halogens is 1. The Kier molecular flexibility index (Phi) is 5.18. The van der Waals surface area contributed by atoms with Gasteiger partial charge in [-0.1, -0.05) is 18.5 Å². The van der Waals surface area contributed by atoms with Gasteiger partial charge in [-0.15, -0.1) is 0 Å². The maximum atomic E-state index is 12.2. The number of aliphatic carboxylic acids is 1. The Labute approximate surface area is 117 Å². The normalized spacial score (nSPS) is 11.9. The van der Waals surface area contributed by atoms with E-state index in [0.717, 1.165) is 0 Å². The average molecular weight is 285 g/mol. The van der Waals surface area contributed by atoms with Crippen molar-refractivity contribution >= 4 is 29.2 Å². The van der Waals surface area contributed by atoms with Gasteiger partial charge in [0, 0.05) is 18.7 Å². The SMILES string of the molecule is CCN(CC(C)C(=O)O)C(=O)c1ccc(Cl)c(N)c1. The van der Waals surface area contributed by atoms with Crippen molar-refractivity contribution < 1.29 is 14.7 Å². The zero-order valence-corrected chi connectivity index (χ0v) is 11.6. The van der Waals surface area contributed by atoms with Gasteiger partial charge in [0.1, 0.15) is 0 Å². The first-order chi connectivity index (χ1) is 8.86. The second kappa shape index (κ2) is 6.43. The number of carboxylic acid groups (broad SMARTS) is 1. The van der Waals surface area contributed by atoms with Crippen molar-refractivity contribution in [2.45, 2.75) is 13.8 Å². The highest BCUT2D eigenvalue weighted by Gasteiger charge is 2.20. The Bertz CT molecular complexity index is 491. The molecule has 0 saturated heterocycles. The van der Waals surface area contributed by atoms with Crippen LogP contribution >= 0.6 is 11.6 Å². The van der Waals surface area contributed by atoms with Crippen molar-refractivity contribution in [1.29, 1.82) is 0 Å². The number of anilines is 1. The first-order valence-corrected chi connectivity index (χ1v) is 6.31. The molecule has 0 aromatic heterocycles. The summed E-state index contributed by atoms with van der Waals surface area (Å²) in [7, 11) is 0. The molecule has 3 N–H and O–H groups in total. The van der Waals surface area contributed by atoms with Gasteiger partial charge in [-0.3, -0.25) is 9.59 Å². The molecule has 0 bridgehead atoms. The number of carbonyl (C=O) groups is 2. The van der Waals surface area contributed by atoms with E-state index in [9.17, 15) is 9.59 Å². The topological polar surface area (TPSA) is 83.6 Å². The molecule has 0 aliphatic heterocycles. The van der Waals surface area contributed by atoms with Gasteiger partial charge in [-0.25, -0.2) is 0 Å². The number of rotatable bonds is 5. The van der Waals surface area contributed by atoms with E-state index in [1.54, 1.807) is 26.0 Å². The summed E-state index contributed by atoms with van der Waals surface area (Å²) in [6.45, 7) is 3.95. The van der Waals surface area contributed by atoms with E-state index < -0.39 is 11.9 Å². The predicted molar refractivity (Wildman–Crippen MR) is 74.2 cm³/mol. The third kappa shape index (κ3) is 3.86. The summed E-state index contributed by atoms with van der Waals surface area (Å²) in [5.41, 5.74) is 6.39. The third-order valence-corrected chi connectivity index (χ3v) is 3.17. The molecule has 1 amide bonds. The monoisotopic (exact) mass is 284 g/mol. The fourth-order valence-electron chi connectivity index (χ4n) is 1.62. The number of carboxylic acids is 1. The molecule has 19 heavy (non-hydrogen) atoms. The van der Waals surface area contributed by atoms with E-state index in [4.69, 9.17) is 22.4 Å². The van der Waals surface area contributed by atoms with Crippen LogP contribution in [0.5, 0.6) is 0 Å². The highest BCUT2D eigenvalue weighted by molar-refractivity contribution is 6.33. The van der Waals surface area contributed by atoms with E-state index in [1.165, 1.54) is 11.0 Å². The number of carbonyl (C=O) groups excluding carboxylic acids is 1. The summed E-state index contributed by atoms with van der Waals surface area (Å²) in [5.74, 6) is -1.80. The number of amides is 1. The molecule has 0 heterocycles. The summed E-state index contributed by atoms with van der Waals surface area (Å²) >= 11 is 5.80. The van der Waals surface area contributed by atoms with E-state index in [1.807, 2.05) is 0 Å². The fraction of sp³-hybridized carbons (Fsp3) is 0.385. The average Bonchev–Trinajstić information content (AvgIpc) is 2.37. The highest BCUT2D eigenvalue weighted by atomic mass is 35.5. The lowest BCUT2D eigenvalue weighted by Crippen LogP contribution is -2.36. The fourth-order valence-corrected chi connectivity index (χ4v) is 1.74. The van der Waals surface area contributed by atoms with Crippen LogP contribution in [0.15, 0.2) is 18.2 Å². The van der Waals surface area contributed by atoms with Crippen molar-refractivity contribution in [1.82, 2.24) is 4.90 Å². The maximum absolute atomic E-state index is 12.2. The maximum Gasteiger partial charge on any atom is 0.308 e. The predicted octanol–water partition coefficient (Wildman–Crippen LogP) is 2.10. The molecule has 0 aliphatic rings. The summed E-state index contributed by atoms with van der Waals surface area (Å²) in [4.78, 5) is 24.5. The lowest BCUT2D eigenvalue weighted by molar-refractivity contribution is -0.141. The summed E-state index contributed by atoms with van der Waals surface area (Å²) in [6, 6.07) is 4.63. The first kappa shape index (κ1) is 15.3. The van der Waals surface area contributed by atoms with Gasteiger partial charge >= 0.3 is 5.97 Å². The van der Waals surface area contributed by atoms with Crippen molar-refractivity contribution in [3.05, 3.63) is 28.8 Å². The Morgan fingerprint density at radius 1 is 1.47 bits per heavy atom. The van der Waals surface area contributed by atoms with Gasteiger partial charge in [0.25, 0.3) is 5.91 Å². The molecule has 0 spiro atoms. The molecule has 0 fully saturated rings. The van der Waals surface area contributed by atoms with Crippen LogP contribution in [-0.2, 0) is 4.79 Å². The lowest BCUT2D eigenvalue weighted by Gasteiger charge is -2.23. The molecule has 5 nitrogen and oxygen atoms in total. The Balaban J connectivity index is 2.89. The number of nitrogens with two attached hydrogens (primary N) is 1. The van der Waals surface area contributed by atoms with E-state index in [0.29, 0.717) is 22.8 Å². The van der Waals surface area contributed by atoms with Gasteiger partial charge in [0.2, 0.25) is 0 Å². The zero-order chi connectivity index (χ0) is 14.6. The van der Waals surface area contributed by atoms with Crippen LogP contribution in [0, 0.1) is 5.92 Å². The standard InChI is InChI=1S/C13H17ClN2O3/c1-3-16(7-8(2)13(18)19)12(17)9-4-5-10(14)11(15)6-9/h4-6,8H,3,7,15H2,1-2H3,(H,18,19). The molecule has 1 rings (SSSR count). The van der Waals surface area contributed by atoms with Gasteiger partial charge in [-0.05, 0) is 25.1 Å². The minimum Gasteiger partial charge on any atom is -0.481 e. The van der Waals surface area contributed by atoms with Crippen molar-refractivity contribution in [3.63, 3.8) is 0 Å². The number of benzene rings is 1. The van der Waals surface area contributed by atoms with Gasteiger partial charge in [0.15, 0.2) is 0 Å². The lowest BCUT2D eigenvalue weighted by atomic mass is 10.1. The molecule has 6 heteroatoms. The first-order valence-electron chi connectivity index (χ1n) is 5.93. The Hall–Kier alpha value is -1.75. The number of hydrogen-bond donors (Lipinski definition) is 2. The van der Waals surface area contributed by atoms with Crippen LogP contribution in [0.2, 0.25) is 5.02 Å². The smallest absolute Gasteiger partial charge is 0.308 e. The van der Waals surface area contributed by atoms with Crippen LogP contribution in [0.25, 0.3) is 0 Å². The largest absolute Gasteiger partial charge is 0.481 e. The summed E-state index contributed by atoms with van der Waals surface area (Å²) < 4.78 is 0. The van der Waals surface area contributed by atoms with Crippen LogP contribution in [0.3, 0.4) is 0 Å². The van der Waals surface area contributed by atoms with Crippen molar-refractivity contribution in [2.24, 2.45) is 5.92 Å². The molecule has 0 saturated carbocycles. The van der Waals surface area contributed by atoms with Gasteiger partial charge in [-0.2, -0.15) is 0 Å².